The van der Waals surface area contributed by atoms with Gasteiger partial charge in [0.1, 0.15) is 0 Å². The van der Waals surface area contributed by atoms with E-state index in [2.05, 4.69) is 83.9 Å². The van der Waals surface area contributed by atoms with Crippen molar-refractivity contribution in [2.45, 2.75) is 45.0 Å². The third-order valence-electron chi connectivity index (χ3n) is 3.64. The van der Waals surface area contributed by atoms with Crippen molar-refractivity contribution in [3.63, 3.8) is 0 Å². The molecule has 1 rings (SSSR count). The predicted octanol–water partition coefficient (Wildman–Crippen LogP) is 5.91. The summed E-state index contributed by atoms with van der Waals surface area (Å²) in [6.45, 7) is 11.4. The molecule has 0 heterocycles. The normalized spacial score (nSPS) is 14.6. The second kappa shape index (κ2) is 6.20. The van der Waals surface area contributed by atoms with Crippen LogP contribution in [-0.2, 0) is 4.43 Å². The van der Waals surface area contributed by atoms with Crippen LogP contribution in [0.5, 0.6) is 0 Å². The summed E-state index contributed by atoms with van der Waals surface area (Å²) >= 11 is 7.19. The molecule has 0 N–H and O–H groups in total. The molecule has 1 unspecified atom stereocenters. The highest BCUT2D eigenvalue weighted by molar-refractivity contribution is 9.10. The number of benzene rings is 1. The molecule has 0 fully saturated rings. The molecule has 0 aromatic heterocycles. The molecule has 0 aliphatic rings. The topological polar surface area (TPSA) is 9.23 Å². The molecule has 0 saturated heterocycles. The lowest BCUT2D eigenvalue weighted by Crippen LogP contribution is -2.42. The fraction of sp³-hybridized carbons (Fsp3) is 0.571. The van der Waals surface area contributed by atoms with Crippen LogP contribution < -0.4 is 0 Å². The molecule has 102 valence electrons. The average molecular weight is 394 g/mol. The van der Waals surface area contributed by atoms with Gasteiger partial charge in [0.15, 0.2) is 8.32 Å². The number of halogens is 2. The smallest absolute Gasteiger partial charge is 0.192 e. The van der Waals surface area contributed by atoms with Gasteiger partial charge in [0.05, 0.1) is 6.10 Å². The fourth-order valence-electron chi connectivity index (χ4n) is 1.45. The molecule has 0 spiro atoms. The minimum atomic E-state index is -1.75. The van der Waals surface area contributed by atoms with Crippen molar-refractivity contribution < 1.29 is 4.43 Å². The molecule has 0 saturated carbocycles. The van der Waals surface area contributed by atoms with E-state index in [0.29, 0.717) is 0 Å². The highest BCUT2D eigenvalue weighted by Crippen LogP contribution is 2.41. The minimum absolute atomic E-state index is 0.112. The molecule has 1 nitrogen and oxygen atoms in total. The highest BCUT2D eigenvalue weighted by Gasteiger charge is 2.39. The maximum atomic E-state index is 6.48. The lowest BCUT2D eigenvalue weighted by Gasteiger charge is -2.39. The van der Waals surface area contributed by atoms with E-state index in [4.69, 9.17) is 4.43 Å². The lowest BCUT2D eigenvalue weighted by atomic mass is 10.1. The van der Waals surface area contributed by atoms with Gasteiger partial charge in [-0.05, 0) is 29.8 Å². The van der Waals surface area contributed by atoms with Gasteiger partial charge in [-0.2, -0.15) is 0 Å². The Kier molecular flexibility index (Phi) is 5.66. The van der Waals surface area contributed by atoms with E-state index >= 15 is 0 Å². The molecule has 0 radical (unpaired) electrons. The average Bonchev–Trinajstić information content (AvgIpc) is 2.25. The van der Waals surface area contributed by atoms with Crippen LogP contribution in [0.3, 0.4) is 0 Å². The molecule has 1 atom stereocenters. The molecule has 0 bridgehead atoms. The van der Waals surface area contributed by atoms with Gasteiger partial charge in [-0.3, -0.25) is 0 Å². The fourth-order valence-corrected chi connectivity index (χ4v) is 3.99. The Morgan fingerprint density at radius 3 is 2.22 bits per heavy atom. The monoisotopic (exact) mass is 392 g/mol. The summed E-state index contributed by atoms with van der Waals surface area (Å²) in [5.74, 6) is 0. The second-order valence-electron chi connectivity index (χ2n) is 6.04. The Labute approximate surface area is 129 Å². The quantitative estimate of drug-likeness (QED) is 0.456. The largest absolute Gasteiger partial charge is 0.409 e. The van der Waals surface area contributed by atoms with E-state index in [1.54, 1.807) is 0 Å². The molecular formula is C14H22Br2OSi. The maximum Gasteiger partial charge on any atom is 0.192 e. The van der Waals surface area contributed by atoms with Crippen molar-refractivity contribution in [1.82, 2.24) is 0 Å². The van der Waals surface area contributed by atoms with Crippen LogP contribution in [0.15, 0.2) is 28.7 Å². The number of hydrogen-bond donors (Lipinski definition) is 0. The van der Waals surface area contributed by atoms with Gasteiger partial charge in [-0.25, -0.2) is 0 Å². The minimum Gasteiger partial charge on any atom is -0.409 e. The van der Waals surface area contributed by atoms with E-state index in [1.807, 2.05) is 6.07 Å². The predicted molar refractivity (Wildman–Crippen MR) is 89.0 cm³/mol. The molecule has 4 heteroatoms. The summed E-state index contributed by atoms with van der Waals surface area (Å²) in [5, 5.41) is 1.05. The van der Waals surface area contributed by atoms with Gasteiger partial charge in [0.25, 0.3) is 0 Å². The number of rotatable bonds is 4. The van der Waals surface area contributed by atoms with E-state index in [1.165, 1.54) is 5.56 Å². The summed E-state index contributed by atoms with van der Waals surface area (Å²) in [4.78, 5) is 0. The Bertz CT molecular complexity index is 399. The first-order valence-corrected chi connectivity index (χ1v) is 11.0. The zero-order valence-corrected chi connectivity index (χ0v) is 15.9. The maximum absolute atomic E-state index is 6.48. The van der Waals surface area contributed by atoms with Crippen LogP contribution in [0.25, 0.3) is 0 Å². The van der Waals surface area contributed by atoms with E-state index in [0.717, 1.165) is 9.80 Å². The lowest BCUT2D eigenvalue weighted by molar-refractivity contribution is 0.208. The summed E-state index contributed by atoms with van der Waals surface area (Å²) in [6, 6.07) is 8.29. The number of alkyl halides is 1. The standard InChI is InChI=1S/C14H22Br2OSi/c1-14(2,3)18(4,5)17-13(10-15)11-8-6-7-9-12(11)16/h6-9,13H,10H2,1-5H3. The van der Waals surface area contributed by atoms with Gasteiger partial charge in [-0.15, -0.1) is 0 Å². The Morgan fingerprint density at radius 1 is 1.22 bits per heavy atom. The van der Waals surface area contributed by atoms with Crippen molar-refractivity contribution in [1.29, 1.82) is 0 Å². The van der Waals surface area contributed by atoms with E-state index < -0.39 is 8.32 Å². The van der Waals surface area contributed by atoms with Gasteiger partial charge in [0.2, 0.25) is 0 Å². The first kappa shape index (κ1) is 16.4. The zero-order valence-electron chi connectivity index (χ0n) is 11.8. The van der Waals surface area contributed by atoms with Gasteiger partial charge in [0, 0.05) is 9.80 Å². The zero-order chi connectivity index (χ0) is 14.0. The SMILES string of the molecule is CC(C)(C)[Si](C)(C)OC(CBr)c1ccccc1Br. The first-order valence-electron chi connectivity index (χ1n) is 6.17. The number of hydrogen-bond acceptors (Lipinski definition) is 1. The molecule has 18 heavy (non-hydrogen) atoms. The third-order valence-corrected chi connectivity index (χ3v) is 9.43. The van der Waals surface area contributed by atoms with Crippen LogP contribution in [0.2, 0.25) is 18.1 Å². The summed E-state index contributed by atoms with van der Waals surface area (Å²) in [6.07, 6.45) is 0.112. The third kappa shape index (κ3) is 3.92. The van der Waals surface area contributed by atoms with Crippen molar-refractivity contribution in [2.75, 3.05) is 5.33 Å². The molecule has 1 aromatic carbocycles. The van der Waals surface area contributed by atoms with Crippen LogP contribution in [0.4, 0.5) is 0 Å². The molecule has 1 aromatic rings. The van der Waals surface area contributed by atoms with Crippen molar-refractivity contribution >= 4 is 40.2 Å². The molecule has 0 amide bonds. The van der Waals surface area contributed by atoms with Crippen molar-refractivity contribution in [3.05, 3.63) is 34.3 Å². The van der Waals surface area contributed by atoms with Crippen molar-refractivity contribution in [3.8, 4) is 0 Å². The Hall–Kier alpha value is 0.357. The molecule has 0 aliphatic heterocycles. The Morgan fingerprint density at radius 2 is 1.78 bits per heavy atom. The van der Waals surface area contributed by atoms with Crippen molar-refractivity contribution in [2.24, 2.45) is 0 Å². The highest BCUT2D eigenvalue weighted by atomic mass is 79.9. The van der Waals surface area contributed by atoms with Crippen LogP contribution in [-0.4, -0.2) is 13.6 Å². The molecule has 0 aliphatic carbocycles. The summed E-state index contributed by atoms with van der Waals surface area (Å²) < 4.78 is 7.60. The van der Waals surface area contributed by atoms with E-state index in [-0.39, 0.29) is 11.1 Å². The van der Waals surface area contributed by atoms with Gasteiger partial charge < -0.3 is 4.43 Å². The van der Waals surface area contributed by atoms with Crippen LogP contribution >= 0.6 is 31.9 Å². The van der Waals surface area contributed by atoms with Crippen LogP contribution in [0, 0.1) is 0 Å². The van der Waals surface area contributed by atoms with Gasteiger partial charge >= 0.3 is 0 Å². The van der Waals surface area contributed by atoms with E-state index in [9.17, 15) is 0 Å². The summed E-state index contributed by atoms with van der Waals surface area (Å²) in [7, 11) is -1.75. The Balaban J connectivity index is 2.97. The van der Waals surface area contributed by atoms with Crippen LogP contribution in [0.1, 0.15) is 32.4 Å². The van der Waals surface area contributed by atoms with Gasteiger partial charge in [-0.1, -0.05) is 70.8 Å². The first-order chi connectivity index (χ1) is 8.19. The molecular weight excluding hydrogens is 372 g/mol. The summed E-state index contributed by atoms with van der Waals surface area (Å²) in [5.41, 5.74) is 1.22. The second-order valence-corrected chi connectivity index (χ2v) is 12.3.